The van der Waals surface area contributed by atoms with Gasteiger partial charge in [-0.25, -0.2) is 47.4 Å². The fourth-order valence-electron chi connectivity index (χ4n) is 13.3. The third-order valence-electron chi connectivity index (χ3n) is 19.5. The largest absolute Gasteiger partial charge is 0.524 e. The van der Waals surface area contributed by atoms with E-state index >= 15 is 44.7 Å². The van der Waals surface area contributed by atoms with Crippen LogP contribution in [0, 0.1) is 40.2 Å². The predicted octanol–water partition coefficient (Wildman–Crippen LogP) is 7.88. The van der Waals surface area contributed by atoms with Gasteiger partial charge in [-0.15, -0.1) is 0 Å². The number of anilines is 1. The monoisotopic (exact) mass is 1630 g/mol. The number of amides is 4. The number of hydrogen-bond acceptors (Lipinski definition) is 21. The number of carbonyl (C=O) groups excluding carboxylic acids is 6. The maximum Gasteiger partial charge on any atom is 0.524 e. The van der Waals surface area contributed by atoms with Gasteiger partial charge in [0.2, 0.25) is 11.9 Å². The Morgan fingerprint density at radius 3 is 1.88 bits per heavy atom. The van der Waals surface area contributed by atoms with Gasteiger partial charge in [-0.05, 0) is 101 Å². The number of aliphatic carboxylic acids is 1. The van der Waals surface area contributed by atoms with Crippen LogP contribution in [-0.2, 0) is 82.4 Å². The van der Waals surface area contributed by atoms with Crippen molar-refractivity contribution in [2.45, 2.75) is 160 Å². The van der Waals surface area contributed by atoms with Crippen LogP contribution in [0.3, 0.4) is 0 Å². The minimum atomic E-state index is -5.66. The minimum absolute atomic E-state index is 0.102. The number of phosphoric acid groups is 1. The van der Waals surface area contributed by atoms with E-state index in [0.29, 0.717) is 108 Å². The highest BCUT2D eigenvalue weighted by Gasteiger charge is 2.58. The molecule has 42 heteroatoms. The number of hydrogen-bond donors (Lipinski definition) is 8. The molecule has 5 aromatic rings. The van der Waals surface area contributed by atoms with Gasteiger partial charge in [0.05, 0.1) is 80.7 Å². The third kappa shape index (κ3) is 22.6. The number of ketones is 1. The zero-order valence-corrected chi connectivity index (χ0v) is 63.0. The van der Waals surface area contributed by atoms with E-state index in [9.17, 15) is 65.2 Å². The maximum absolute atomic E-state index is 16.9. The smallest absolute Gasteiger partial charge is 0.480 e. The van der Waals surface area contributed by atoms with E-state index in [4.69, 9.17) is 14.0 Å². The molecule has 2 bridgehead atoms. The Labute approximate surface area is 634 Å². The van der Waals surface area contributed by atoms with E-state index in [1.54, 1.807) is 5.32 Å². The van der Waals surface area contributed by atoms with E-state index in [0.717, 1.165) is 50.4 Å². The standard InChI is InChI=1S/C70H82F10N11O19PS/c1-66(2,57-41(10-9-11-53(57)110-111(100,101)102)28-55(93)83-51(61(96)97)21-23-112(103,104)105)29-56(94)109-54(35-89(87-60(95)59(85-65(99)107-8)68(5,6)70(78,79)80)34-47-48(71)25-42(26-49(47)72)50-20-22-90(86-50)62(73)74)43(27-52(92)58(84-64(98)106-7)67(3,4)69(75,76)77)24-39-15-12-38(13-16-39)14-17-40-30-81-63(82-31-40)88-32-44-18-19-45(33-88)91(44)46-36-108-37-46/h9-13,15-16,20,22,25-26,30-31,43-46,51,54,58-59,62H,18-19,21,23-24,27-29,32-37H2,1-8H3,(H,83,93)(H,84,98)(H,85,99)(H,87,95)(H,96,97)(H2,100,101,102)(H,103,104,105)/t43-,44?,45?,51+,54+,58-,59-/m1/s1. The Hall–Kier alpha value is -9.56. The predicted molar refractivity (Wildman–Crippen MR) is 373 cm³/mol. The normalized spacial score (nSPS) is 17.2. The Kier molecular flexibility index (Phi) is 28.0. The first-order valence-electron chi connectivity index (χ1n) is 34.4. The number of piperazine rings is 1. The number of alkyl halides is 8. The molecule has 3 aliphatic heterocycles. The molecule has 3 saturated heterocycles. The van der Waals surface area contributed by atoms with Crippen molar-refractivity contribution in [1.82, 2.24) is 51.0 Å². The van der Waals surface area contributed by atoms with Gasteiger partial charge >= 0.3 is 50.8 Å². The highest BCUT2D eigenvalue weighted by molar-refractivity contribution is 7.85. The summed E-state index contributed by atoms with van der Waals surface area (Å²) in [6.45, 7) is 1.05. The Morgan fingerprint density at radius 1 is 0.786 bits per heavy atom. The summed E-state index contributed by atoms with van der Waals surface area (Å²) >= 11 is 0. The zero-order chi connectivity index (χ0) is 83.0. The molecule has 112 heavy (non-hydrogen) atoms. The van der Waals surface area contributed by atoms with Gasteiger partial charge in [0.25, 0.3) is 16.0 Å². The number of carbonyl (C=O) groups is 7. The van der Waals surface area contributed by atoms with Crippen molar-refractivity contribution in [1.29, 1.82) is 0 Å². The number of methoxy groups -OCH3 is 2. The summed E-state index contributed by atoms with van der Waals surface area (Å²) in [6.07, 6.45) is -15.5. The van der Waals surface area contributed by atoms with Crippen molar-refractivity contribution in [2.24, 2.45) is 16.7 Å². The van der Waals surface area contributed by atoms with Crippen LogP contribution in [0.2, 0.25) is 0 Å². The molecule has 2 aromatic heterocycles. The molecule has 8 N–H and O–H groups in total. The van der Waals surface area contributed by atoms with Crippen LogP contribution in [0.5, 0.6) is 5.75 Å². The number of hydrazine groups is 1. The first kappa shape index (κ1) is 88.0. The van der Waals surface area contributed by atoms with Gasteiger partial charge in [0.1, 0.15) is 41.6 Å². The molecule has 4 amide bonds. The van der Waals surface area contributed by atoms with Crippen molar-refractivity contribution >= 4 is 65.6 Å². The summed E-state index contributed by atoms with van der Waals surface area (Å²) in [6, 6.07) is 4.42. The molecule has 0 saturated carbocycles. The molecular weight excluding hydrogens is 1550 g/mol. The third-order valence-corrected chi connectivity index (χ3v) is 20.7. The topological polar surface area (TPSA) is 399 Å². The van der Waals surface area contributed by atoms with Crippen molar-refractivity contribution in [3.8, 4) is 28.8 Å². The quantitative estimate of drug-likeness (QED) is 0.00376. The maximum atomic E-state index is 16.9. The number of halogens is 10. The molecule has 3 aromatic carbocycles. The van der Waals surface area contributed by atoms with Gasteiger partial charge in [0.15, 0.2) is 5.78 Å². The molecule has 30 nitrogen and oxygen atoms in total. The number of phosphoric ester groups is 1. The SMILES string of the molecule is COC(=O)N[C@H](C(=O)C[C@@H](Cc1ccc(C#Cc2cnc(N3CC4CCC(C3)N4C3COC3)nc2)cc1)[C@H](CN(Cc1c(F)cc(-c2ccn(C(F)F)n2)cc1F)NC(=O)[C@@H](NC(=O)OC)C(C)(C)C(F)(F)F)OC(=O)CC(C)(C)c1c(CC(=O)N[C@@H](CCS(=O)(=O)O)C(=O)O)cccc1OP(=O)(O)O)C(C)(C)C(F)(F)F. The van der Waals surface area contributed by atoms with Gasteiger partial charge in [-0.3, -0.25) is 43.8 Å². The number of alkyl carbamates (subject to hydrolysis) is 2. The fraction of sp³-hybridized carbons (Fsp3) is 0.514. The van der Waals surface area contributed by atoms with E-state index in [1.807, 2.05) is 5.32 Å². The van der Waals surface area contributed by atoms with Crippen LogP contribution in [0.1, 0.15) is 114 Å². The van der Waals surface area contributed by atoms with Crippen LogP contribution >= 0.6 is 7.82 Å². The first-order valence-corrected chi connectivity index (χ1v) is 37.5. The van der Waals surface area contributed by atoms with Crippen molar-refractivity contribution in [3.05, 3.63) is 124 Å². The number of fused-ring (bicyclic) bond motifs is 2. The Balaban J connectivity index is 1.27. The first-order chi connectivity index (χ1) is 52.1. The zero-order valence-electron chi connectivity index (χ0n) is 61.3. The van der Waals surface area contributed by atoms with E-state index in [2.05, 4.69) is 56.9 Å². The molecule has 612 valence electrons. The summed E-state index contributed by atoms with van der Waals surface area (Å²) in [5, 5.41) is 19.6. The van der Waals surface area contributed by atoms with Crippen molar-refractivity contribution in [2.75, 3.05) is 57.7 Å². The second kappa shape index (κ2) is 35.6. The van der Waals surface area contributed by atoms with Gasteiger partial charge in [0, 0.05) is 90.3 Å². The average Bonchev–Trinajstić information content (AvgIpc) is 1.78. The summed E-state index contributed by atoms with van der Waals surface area (Å²) in [7, 11) is -9.01. The molecule has 8 rings (SSSR count). The molecule has 0 aliphatic carbocycles. The lowest BCUT2D eigenvalue weighted by molar-refractivity contribution is -0.221. The fourth-order valence-corrected chi connectivity index (χ4v) is 14.2. The summed E-state index contributed by atoms with van der Waals surface area (Å²) in [5.74, 6) is -8.54. The lowest BCUT2D eigenvalue weighted by Gasteiger charge is -2.47. The molecule has 2 unspecified atom stereocenters. The van der Waals surface area contributed by atoms with Gasteiger partial charge < -0.3 is 49.4 Å². The van der Waals surface area contributed by atoms with E-state index < -0.39 is 216 Å². The number of carboxylic acids is 1. The molecule has 0 radical (unpaired) electrons. The minimum Gasteiger partial charge on any atom is -0.480 e. The number of nitrogens with one attached hydrogen (secondary N) is 4. The number of benzene rings is 3. The number of carboxylic acid groups (broad SMARTS) is 1. The number of esters is 1. The van der Waals surface area contributed by atoms with Crippen LogP contribution in [0.15, 0.2) is 79.3 Å². The molecule has 3 aliphatic rings. The Bertz CT molecular complexity index is 4460. The number of aromatic nitrogens is 4. The van der Waals surface area contributed by atoms with Crippen molar-refractivity contribution in [3.63, 3.8) is 0 Å². The number of rotatable bonds is 33. The average molecular weight is 1630 g/mol. The van der Waals surface area contributed by atoms with Gasteiger partial charge in [-0.1, -0.05) is 50.0 Å². The highest BCUT2D eigenvalue weighted by Crippen LogP contribution is 2.47. The summed E-state index contributed by atoms with van der Waals surface area (Å²) in [5.41, 5.74) is -8.57. The Morgan fingerprint density at radius 2 is 1.36 bits per heavy atom. The van der Waals surface area contributed by atoms with Crippen LogP contribution in [0.4, 0.5) is 59.4 Å². The van der Waals surface area contributed by atoms with Gasteiger partial charge in [-0.2, -0.15) is 48.6 Å². The number of nitrogens with zero attached hydrogens (tertiary/aromatic N) is 7. The number of Topliss-reactive ketones (excluding diaryl/α,β-unsaturated/α-hetero) is 1. The molecule has 3 fully saturated rings. The lowest BCUT2D eigenvalue weighted by atomic mass is 9.77. The highest BCUT2D eigenvalue weighted by atomic mass is 32.2. The molecule has 0 spiro atoms. The number of ether oxygens (including phenoxy) is 4. The van der Waals surface area contributed by atoms with E-state index in [-0.39, 0.29) is 21.4 Å². The van der Waals surface area contributed by atoms with Crippen molar-refractivity contribution < 1.29 is 133 Å². The van der Waals surface area contributed by atoms with Crippen LogP contribution < -0.4 is 30.8 Å². The molecule has 7 atom stereocenters. The second-order valence-corrected chi connectivity index (χ2v) is 31.5. The summed E-state index contributed by atoms with van der Waals surface area (Å²) in [4.78, 5) is 131. The molecular formula is C70H82F10N11O19PS. The van der Waals surface area contributed by atoms with Crippen LogP contribution in [0.25, 0.3) is 11.3 Å². The van der Waals surface area contributed by atoms with E-state index in [1.165, 1.54) is 50.5 Å². The lowest BCUT2D eigenvalue weighted by Crippen LogP contribution is -2.62. The van der Waals surface area contributed by atoms with Crippen LogP contribution in [-0.4, -0.2) is 207 Å². The molecule has 5 heterocycles. The summed E-state index contributed by atoms with van der Waals surface area (Å²) < 4.78 is 223. The second-order valence-electron chi connectivity index (χ2n) is 28.8.